The van der Waals surface area contributed by atoms with Crippen LogP contribution in [0.25, 0.3) is 0 Å². The van der Waals surface area contributed by atoms with Gasteiger partial charge in [-0.15, -0.1) is 0 Å². The predicted octanol–water partition coefficient (Wildman–Crippen LogP) is 2.89. The van der Waals surface area contributed by atoms with E-state index in [0.717, 1.165) is 9.13 Å². The fourth-order valence-electron chi connectivity index (χ4n) is 1.54. The number of nitrogens with one attached hydrogen (secondary N) is 2. The van der Waals surface area contributed by atoms with E-state index in [0.29, 0.717) is 11.6 Å². The first kappa shape index (κ1) is 16.6. The van der Waals surface area contributed by atoms with Gasteiger partial charge in [-0.25, -0.2) is 4.98 Å². The zero-order valence-electron chi connectivity index (χ0n) is 11.8. The summed E-state index contributed by atoms with van der Waals surface area (Å²) in [6.07, 6.45) is 1.70. The summed E-state index contributed by atoms with van der Waals surface area (Å²) in [6.45, 7) is 1.88. The summed E-state index contributed by atoms with van der Waals surface area (Å²) in [7, 11) is 0. The number of benzene rings is 1. The molecule has 2 N–H and O–H groups in total. The number of pyridine rings is 1. The number of hydrogen-bond acceptors (Lipinski definition) is 4. The number of aryl methyl sites for hydroxylation is 1. The van der Waals surface area contributed by atoms with Gasteiger partial charge in [0.05, 0.1) is 0 Å². The van der Waals surface area contributed by atoms with Gasteiger partial charge in [0.1, 0.15) is 11.6 Å². The molecule has 0 radical (unpaired) electrons. The van der Waals surface area contributed by atoms with Crippen molar-refractivity contribution in [3.63, 3.8) is 0 Å². The maximum Gasteiger partial charge on any atom is 0.264 e. The summed E-state index contributed by atoms with van der Waals surface area (Å²) in [6, 6.07) is 11.1. The fourth-order valence-corrected chi connectivity index (χ4v) is 2.08. The van der Waals surface area contributed by atoms with Gasteiger partial charge in [0.15, 0.2) is 11.7 Å². The van der Waals surface area contributed by atoms with Crippen LogP contribution in [-0.4, -0.2) is 22.6 Å². The Kier molecular flexibility index (Phi) is 6.08. The van der Waals surface area contributed by atoms with Gasteiger partial charge in [0, 0.05) is 9.77 Å². The fraction of sp³-hybridized carbons (Fsp3) is 0.133. The lowest BCUT2D eigenvalue weighted by atomic mass is 10.2. The van der Waals surface area contributed by atoms with E-state index < -0.39 is 0 Å². The third-order valence-corrected chi connectivity index (χ3v) is 3.46. The minimum absolute atomic E-state index is 0.106. The topological polar surface area (TPSA) is 63.2 Å². The highest BCUT2D eigenvalue weighted by Crippen LogP contribution is 2.11. The van der Waals surface area contributed by atoms with E-state index in [9.17, 15) is 4.79 Å². The third kappa shape index (κ3) is 5.57. The molecule has 7 heteroatoms. The molecule has 1 heterocycles. The van der Waals surface area contributed by atoms with Crippen LogP contribution in [0.4, 0.5) is 5.82 Å². The average molecular weight is 427 g/mol. The zero-order valence-corrected chi connectivity index (χ0v) is 14.8. The van der Waals surface area contributed by atoms with Crippen LogP contribution in [0.15, 0.2) is 42.6 Å². The molecule has 0 aliphatic heterocycles. The SMILES string of the molecule is Cc1ccc(OCC(=O)NC(=S)Nc2ccc(I)cn2)cc1. The highest BCUT2D eigenvalue weighted by atomic mass is 127. The summed E-state index contributed by atoms with van der Waals surface area (Å²) < 4.78 is 6.39. The summed E-state index contributed by atoms with van der Waals surface area (Å²) >= 11 is 7.21. The minimum Gasteiger partial charge on any atom is -0.484 e. The number of carbonyl (C=O) groups is 1. The van der Waals surface area contributed by atoms with Gasteiger partial charge < -0.3 is 10.1 Å². The molecule has 0 spiro atoms. The molecule has 2 aromatic rings. The molecule has 5 nitrogen and oxygen atoms in total. The van der Waals surface area contributed by atoms with Crippen LogP contribution >= 0.6 is 34.8 Å². The van der Waals surface area contributed by atoms with Crippen LogP contribution < -0.4 is 15.4 Å². The standard InChI is InChI=1S/C15H14IN3O2S/c1-10-2-5-12(6-3-10)21-9-14(20)19-15(22)18-13-7-4-11(16)8-17-13/h2-8H,9H2,1H3,(H2,17,18,19,20,22). The normalized spacial score (nSPS) is 9.91. The summed E-state index contributed by atoms with van der Waals surface area (Å²) in [5.41, 5.74) is 1.13. The molecule has 114 valence electrons. The van der Waals surface area contributed by atoms with E-state index in [1.54, 1.807) is 12.3 Å². The largest absolute Gasteiger partial charge is 0.484 e. The van der Waals surface area contributed by atoms with Gasteiger partial charge in [0.2, 0.25) is 0 Å². The summed E-state index contributed by atoms with van der Waals surface area (Å²) in [5.74, 6) is 0.882. The van der Waals surface area contributed by atoms with E-state index in [4.69, 9.17) is 17.0 Å². The molecule has 0 fully saturated rings. The number of ether oxygens (including phenoxy) is 1. The Hall–Kier alpha value is -1.74. The minimum atomic E-state index is -0.330. The third-order valence-electron chi connectivity index (χ3n) is 2.61. The molecule has 0 atom stereocenters. The lowest BCUT2D eigenvalue weighted by Crippen LogP contribution is -2.37. The van der Waals surface area contributed by atoms with Gasteiger partial charge >= 0.3 is 0 Å². The Bertz CT molecular complexity index is 659. The molecule has 2 rings (SSSR count). The Morgan fingerprint density at radius 1 is 1.27 bits per heavy atom. The van der Waals surface area contributed by atoms with Crippen molar-refractivity contribution in [1.82, 2.24) is 10.3 Å². The summed E-state index contributed by atoms with van der Waals surface area (Å²) in [4.78, 5) is 15.9. The first-order valence-corrected chi connectivity index (χ1v) is 7.93. The van der Waals surface area contributed by atoms with Crippen molar-refractivity contribution in [1.29, 1.82) is 0 Å². The monoisotopic (exact) mass is 427 g/mol. The molecule has 0 saturated carbocycles. The van der Waals surface area contributed by atoms with E-state index >= 15 is 0 Å². The number of halogens is 1. The molecule has 0 unspecified atom stereocenters. The van der Waals surface area contributed by atoms with Crippen LogP contribution in [0.2, 0.25) is 0 Å². The van der Waals surface area contributed by atoms with Gasteiger partial charge in [-0.2, -0.15) is 0 Å². The van der Waals surface area contributed by atoms with Crippen LogP contribution in [0.3, 0.4) is 0 Å². The number of rotatable bonds is 4. The van der Waals surface area contributed by atoms with Crippen molar-refractivity contribution in [2.24, 2.45) is 0 Å². The van der Waals surface area contributed by atoms with Crippen molar-refractivity contribution >= 4 is 51.6 Å². The van der Waals surface area contributed by atoms with Crippen LogP contribution in [0, 0.1) is 10.5 Å². The van der Waals surface area contributed by atoms with E-state index in [2.05, 4.69) is 38.2 Å². The van der Waals surface area contributed by atoms with Crippen LogP contribution in [0.5, 0.6) is 5.75 Å². The van der Waals surface area contributed by atoms with Crippen molar-refractivity contribution in [3.05, 3.63) is 51.7 Å². The Labute approximate surface area is 147 Å². The van der Waals surface area contributed by atoms with Gasteiger partial charge in [-0.3, -0.25) is 10.1 Å². The van der Waals surface area contributed by atoms with Crippen LogP contribution in [0.1, 0.15) is 5.56 Å². The van der Waals surface area contributed by atoms with Gasteiger partial charge in [-0.05, 0) is 66.0 Å². The molecule has 0 saturated heterocycles. The first-order valence-electron chi connectivity index (χ1n) is 6.45. The smallest absolute Gasteiger partial charge is 0.264 e. The number of nitrogens with zero attached hydrogens (tertiary/aromatic N) is 1. The molecule has 1 amide bonds. The van der Waals surface area contributed by atoms with Crippen LogP contribution in [-0.2, 0) is 4.79 Å². The lowest BCUT2D eigenvalue weighted by Gasteiger charge is -2.10. The molecule has 0 aliphatic rings. The predicted molar refractivity (Wildman–Crippen MR) is 98.0 cm³/mol. The molecule has 1 aromatic carbocycles. The zero-order chi connectivity index (χ0) is 15.9. The van der Waals surface area contributed by atoms with E-state index in [1.807, 2.05) is 37.3 Å². The highest BCUT2D eigenvalue weighted by Gasteiger charge is 2.06. The second kappa shape index (κ2) is 8.04. The molecule has 0 bridgehead atoms. The summed E-state index contributed by atoms with van der Waals surface area (Å²) in [5, 5.41) is 5.56. The number of amides is 1. The van der Waals surface area contributed by atoms with Gasteiger partial charge in [-0.1, -0.05) is 17.7 Å². The molecular weight excluding hydrogens is 413 g/mol. The lowest BCUT2D eigenvalue weighted by molar-refractivity contribution is -0.121. The number of anilines is 1. The number of carbonyl (C=O) groups excluding carboxylic acids is 1. The quantitative estimate of drug-likeness (QED) is 0.581. The maximum atomic E-state index is 11.8. The van der Waals surface area contributed by atoms with Gasteiger partial charge in [0.25, 0.3) is 5.91 Å². The number of aromatic nitrogens is 1. The molecular formula is C15H14IN3O2S. The highest BCUT2D eigenvalue weighted by molar-refractivity contribution is 14.1. The van der Waals surface area contributed by atoms with Crippen molar-refractivity contribution in [3.8, 4) is 5.75 Å². The average Bonchev–Trinajstić information content (AvgIpc) is 2.49. The van der Waals surface area contributed by atoms with Crippen molar-refractivity contribution in [2.45, 2.75) is 6.92 Å². The Balaban J connectivity index is 1.77. The first-order chi connectivity index (χ1) is 10.5. The van der Waals surface area contributed by atoms with E-state index in [1.165, 1.54) is 0 Å². The molecule has 0 aliphatic carbocycles. The Morgan fingerprint density at radius 3 is 2.64 bits per heavy atom. The second-order valence-electron chi connectivity index (χ2n) is 4.47. The van der Waals surface area contributed by atoms with Crippen molar-refractivity contribution < 1.29 is 9.53 Å². The Morgan fingerprint density at radius 2 is 2.00 bits per heavy atom. The molecule has 22 heavy (non-hydrogen) atoms. The maximum absolute atomic E-state index is 11.8. The molecule has 1 aromatic heterocycles. The van der Waals surface area contributed by atoms with E-state index in [-0.39, 0.29) is 17.6 Å². The number of hydrogen-bond donors (Lipinski definition) is 2. The van der Waals surface area contributed by atoms with Crippen molar-refractivity contribution in [2.75, 3.05) is 11.9 Å². The number of thiocarbonyl (C=S) groups is 1. The second-order valence-corrected chi connectivity index (χ2v) is 6.12.